The maximum absolute atomic E-state index is 13.0. The van der Waals surface area contributed by atoms with Gasteiger partial charge in [-0.1, -0.05) is 160 Å². The van der Waals surface area contributed by atoms with Crippen LogP contribution in [0.25, 0.3) is 0 Å². The van der Waals surface area contributed by atoms with E-state index < -0.39 is 59.9 Å². The molecule has 0 aromatic carbocycles. The Hall–Kier alpha value is -1.42. The van der Waals surface area contributed by atoms with Crippen LogP contribution in [0.2, 0.25) is 0 Å². The molecule has 1 saturated heterocycles. The number of rotatable bonds is 37. The predicted molar refractivity (Wildman–Crippen MR) is 222 cm³/mol. The summed E-state index contributed by atoms with van der Waals surface area (Å²) in [6, 6.07) is -0.859. The van der Waals surface area contributed by atoms with Crippen LogP contribution < -0.4 is 5.32 Å². The fraction of sp³-hybridized carbons (Fsp3) is 0.884. The highest BCUT2D eigenvalue weighted by atomic mass is 32.3. The lowest BCUT2D eigenvalue weighted by molar-refractivity contribution is -0.298. The van der Waals surface area contributed by atoms with Gasteiger partial charge in [-0.05, 0) is 44.9 Å². The number of ether oxygens (including phenoxy) is 2. The van der Waals surface area contributed by atoms with Crippen LogP contribution in [0.4, 0.5) is 0 Å². The van der Waals surface area contributed by atoms with E-state index >= 15 is 0 Å². The molecule has 56 heavy (non-hydrogen) atoms. The minimum Gasteiger partial charge on any atom is -0.394 e. The van der Waals surface area contributed by atoms with Gasteiger partial charge in [-0.2, -0.15) is 8.42 Å². The summed E-state index contributed by atoms with van der Waals surface area (Å²) in [5, 5.41) is 44.7. The van der Waals surface area contributed by atoms with Gasteiger partial charge >= 0.3 is 10.4 Å². The number of unbranched alkanes of at least 4 members (excludes halogenated alkanes) is 21. The number of allylic oxidation sites excluding steroid dienone is 4. The monoisotopic (exact) mass is 820 g/mol. The highest BCUT2D eigenvalue weighted by molar-refractivity contribution is 7.80. The molecule has 1 rings (SSSR count). The molecule has 1 aliphatic rings. The summed E-state index contributed by atoms with van der Waals surface area (Å²) in [5.74, 6) is -0.240. The van der Waals surface area contributed by atoms with Crippen molar-refractivity contribution in [3.63, 3.8) is 0 Å². The molecule has 7 atom stereocenters. The number of nitrogens with one attached hydrogen (secondary N) is 1. The summed E-state index contributed by atoms with van der Waals surface area (Å²) in [7, 11) is -5.07. The molecule has 0 aliphatic carbocycles. The van der Waals surface area contributed by atoms with Gasteiger partial charge in [-0.25, -0.2) is 4.18 Å². The van der Waals surface area contributed by atoms with Crippen LogP contribution >= 0.6 is 0 Å². The first-order valence-electron chi connectivity index (χ1n) is 22.2. The number of hydrogen-bond donors (Lipinski definition) is 6. The molecule has 13 heteroatoms. The lowest BCUT2D eigenvalue weighted by atomic mass is 9.99. The van der Waals surface area contributed by atoms with Crippen LogP contribution in [0.1, 0.15) is 187 Å². The van der Waals surface area contributed by atoms with E-state index in [4.69, 9.17) is 14.0 Å². The maximum Gasteiger partial charge on any atom is 0.397 e. The Morgan fingerprint density at radius 3 is 1.73 bits per heavy atom. The van der Waals surface area contributed by atoms with Crippen molar-refractivity contribution in [2.24, 2.45) is 0 Å². The third kappa shape index (κ3) is 27.3. The first-order chi connectivity index (χ1) is 27.0. The van der Waals surface area contributed by atoms with E-state index in [1.165, 1.54) is 96.3 Å². The third-order valence-corrected chi connectivity index (χ3v) is 11.0. The number of amides is 1. The number of carbonyl (C=O) groups excluding carboxylic acids is 1. The highest BCUT2D eigenvalue weighted by Crippen LogP contribution is 2.26. The summed E-state index contributed by atoms with van der Waals surface area (Å²) in [6.45, 7) is 3.40. The predicted octanol–water partition coefficient (Wildman–Crippen LogP) is 8.16. The van der Waals surface area contributed by atoms with Crippen molar-refractivity contribution in [1.82, 2.24) is 5.32 Å². The lowest BCUT2D eigenvalue weighted by Crippen LogP contribution is -2.61. The Labute approximate surface area is 340 Å². The zero-order valence-electron chi connectivity index (χ0n) is 35.0. The molecular weight excluding hydrogens is 739 g/mol. The third-order valence-electron chi connectivity index (χ3n) is 10.5. The molecule has 6 N–H and O–H groups in total. The molecule has 1 fully saturated rings. The molecule has 0 saturated carbocycles. The van der Waals surface area contributed by atoms with Crippen molar-refractivity contribution in [2.75, 3.05) is 13.2 Å². The minimum atomic E-state index is -5.07. The van der Waals surface area contributed by atoms with E-state index in [0.29, 0.717) is 12.8 Å². The van der Waals surface area contributed by atoms with E-state index in [2.05, 4.69) is 47.7 Å². The zero-order chi connectivity index (χ0) is 41.3. The molecule has 0 aromatic rings. The van der Waals surface area contributed by atoms with Gasteiger partial charge in [-0.3, -0.25) is 9.35 Å². The Morgan fingerprint density at radius 2 is 1.20 bits per heavy atom. The van der Waals surface area contributed by atoms with Gasteiger partial charge in [0.25, 0.3) is 0 Å². The lowest BCUT2D eigenvalue weighted by Gasteiger charge is -2.41. The van der Waals surface area contributed by atoms with Crippen molar-refractivity contribution in [3.05, 3.63) is 24.3 Å². The van der Waals surface area contributed by atoms with Gasteiger partial charge < -0.3 is 35.2 Å². The standard InChI is InChI=1S/C43H81NO11S/c1-3-5-7-9-11-13-15-17-18-19-20-21-23-25-27-29-31-33-39(47)44-36(37(46)32-30-28-26-24-22-16-14-12-10-8-6-4-2)35-53-43-41(49)42(55-56(50,51)52)40(48)38(34-45)54-43/h11,13,17-18,36-38,40-43,45-46,48-49H,3-10,12,14-16,19-35H2,1-2H3,(H,44,47)(H,50,51,52)/b13-11-,18-17-. The zero-order valence-corrected chi connectivity index (χ0v) is 35.8. The topological polar surface area (TPSA) is 192 Å². The van der Waals surface area contributed by atoms with Crippen LogP contribution in [0.3, 0.4) is 0 Å². The van der Waals surface area contributed by atoms with Crippen molar-refractivity contribution in [2.45, 2.75) is 230 Å². The van der Waals surface area contributed by atoms with Gasteiger partial charge in [0.05, 0.1) is 25.4 Å². The normalized spacial score (nSPS) is 21.6. The summed E-state index contributed by atoms with van der Waals surface area (Å²) < 4.78 is 47.6. The molecule has 0 spiro atoms. The first-order valence-corrected chi connectivity index (χ1v) is 23.6. The molecular formula is C43H81NO11S. The van der Waals surface area contributed by atoms with E-state index in [0.717, 1.165) is 57.8 Å². The Bertz CT molecular complexity index is 1110. The number of hydrogen-bond acceptors (Lipinski definition) is 10. The molecule has 0 bridgehead atoms. The summed E-state index contributed by atoms with van der Waals surface area (Å²) in [5.41, 5.74) is 0. The maximum atomic E-state index is 13.0. The second-order valence-electron chi connectivity index (χ2n) is 15.6. The van der Waals surface area contributed by atoms with Gasteiger partial charge in [0, 0.05) is 6.42 Å². The first kappa shape index (κ1) is 52.6. The summed E-state index contributed by atoms with van der Waals surface area (Å²) in [6.07, 6.45) is 28.9. The number of aliphatic hydroxyl groups excluding tert-OH is 4. The van der Waals surface area contributed by atoms with Crippen molar-refractivity contribution < 1.29 is 51.8 Å². The molecule has 1 amide bonds. The number of aliphatic hydroxyl groups is 4. The van der Waals surface area contributed by atoms with Crippen LogP contribution in [-0.2, 0) is 28.9 Å². The quantitative estimate of drug-likeness (QED) is 0.0201. The average Bonchev–Trinajstić information content (AvgIpc) is 3.16. The minimum absolute atomic E-state index is 0.240. The van der Waals surface area contributed by atoms with Crippen LogP contribution in [-0.4, -0.2) is 95.4 Å². The van der Waals surface area contributed by atoms with Crippen molar-refractivity contribution in [1.29, 1.82) is 0 Å². The van der Waals surface area contributed by atoms with E-state index in [9.17, 15) is 33.6 Å². The Morgan fingerprint density at radius 1 is 0.714 bits per heavy atom. The Kier molecular flexibility index (Phi) is 32.4. The summed E-state index contributed by atoms with van der Waals surface area (Å²) >= 11 is 0. The van der Waals surface area contributed by atoms with Crippen LogP contribution in [0.5, 0.6) is 0 Å². The smallest absolute Gasteiger partial charge is 0.394 e. The van der Waals surface area contributed by atoms with E-state index in [1.807, 2.05) is 0 Å². The second kappa shape index (κ2) is 34.4. The molecule has 1 heterocycles. The van der Waals surface area contributed by atoms with Crippen molar-refractivity contribution in [3.8, 4) is 0 Å². The highest BCUT2D eigenvalue weighted by Gasteiger charge is 2.48. The fourth-order valence-electron chi connectivity index (χ4n) is 7.02. The van der Waals surface area contributed by atoms with Gasteiger partial charge in [0.1, 0.15) is 24.4 Å². The molecule has 7 unspecified atom stereocenters. The second-order valence-corrected chi connectivity index (χ2v) is 16.7. The molecule has 0 aromatic heterocycles. The molecule has 0 radical (unpaired) electrons. The molecule has 12 nitrogen and oxygen atoms in total. The van der Waals surface area contributed by atoms with Gasteiger partial charge in [0.15, 0.2) is 6.29 Å². The molecule has 1 aliphatic heterocycles. The fourth-order valence-corrected chi connectivity index (χ4v) is 7.53. The SMILES string of the molecule is CCCCC/C=C\C/C=C\CCCCCCCCCC(=O)NC(COC1OC(CO)C(O)C(OS(=O)(=O)O)C1O)C(O)CCCCCCCCCCCCCC. The van der Waals surface area contributed by atoms with Crippen LogP contribution in [0.15, 0.2) is 24.3 Å². The Balaban J connectivity index is 2.52. The van der Waals surface area contributed by atoms with Crippen molar-refractivity contribution >= 4 is 16.3 Å². The van der Waals surface area contributed by atoms with E-state index in [1.54, 1.807) is 0 Å². The largest absolute Gasteiger partial charge is 0.397 e. The molecule has 330 valence electrons. The van der Waals surface area contributed by atoms with Gasteiger partial charge in [0.2, 0.25) is 5.91 Å². The number of carbonyl (C=O) groups is 1. The summed E-state index contributed by atoms with van der Waals surface area (Å²) in [4.78, 5) is 13.0. The van der Waals surface area contributed by atoms with Crippen LogP contribution in [0, 0.1) is 0 Å². The van der Waals surface area contributed by atoms with E-state index in [-0.39, 0.29) is 18.9 Å². The average molecular weight is 820 g/mol. The van der Waals surface area contributed by atoms with Gasteiger partial charge in [-0.15, -0.1) is 0 Å².